The largest absolute Gasteiger partial charge is 0.342 e. The van der Waals surface area contributed by atoms with Gasteiger partial charge in [-0.05, 0) is 50.5 Å². The quantitative estimate of drug-likeness (QED) is 0.704. The number of aryl methyl sites for hydroxylation is 2. The van der Waals surface area contributed by atoms with E-state index in [9.17, 15) is 0 Å². The molecule has 1 heterocycles. The highest BCUT2D eigenvalue weighted by Gasteiger charge is 2.26. The fourth-order valence-corrected chi connectivity index (χ4v) is 2.41. The van der Waals surface area contributed by atoms with E-state index in [1.165, 1.54) is 35.4 Å². The first-order valence-corrected chi connectivity index (χ1v) is 6.00. The molecule has 1 heteroatoms. The molecular weight excluding hydrogens is 194 g/mol. The Kier molecular flexibility index (Phi) is 2.13. The van der Waals surface area contributed by atoms with Crippen molar-refractivity contribution in [3.8, 4) is 11.3 Å². The maximum absolute atomic E-state index is 2.49. The molecule has 82 valence electrons. The Bertz CT molecular complexity index is 518. The highest BCUT2D eigenvalue weighted by molar-refractivity contribution is 5.62. The smallest absolute Gasteiger partial charge is 0.0485 e. The van der Waals surface area contributed by atoms with E-state index in [-0.39, 0.29) is 0 Å². The van der Waals surface area contributed by atoms with E-state index in [2.05, 4.69) is 54.8 Å². The maximum Gasteiger partial charge on any atom is 0.0485 e. The molecular formula is C15H17N. The Balaban J connectivity index is 2.12. The zero-order valence-electron chi connectivity index (χ0n) is 9.90. The molecule has 0 N–H and O–H groups in total. The molecule has 1 saturated carbocycles. The topological polar surface area (TPSA) is 4.93 Å². The number of rotatable bonds is 2. The van der Waals surface area contributed by atoms with Crippen LogP contribution >= 0.6 is 0 Å². The number of aromatic nitrogens is 1. The van der Waals surface area contributed by atoms with Crippen molar-refractivity contribution in [3.05, 3.63) is 47.7 Å². The summed E-state index contributed by atoms with van der Waals surface area (Å²) in [6.45, 7) is 4.36. The van der Waals surface area contributed by atoms with Gasteiger partial charge in [0.2, 0.25) is 0 Å². The van der Waals surface area contributed by atoms with Gasteiger partial charge in [0.05, 0.1) is 0 Å². The molecule has 16 heavy (non-hydrogen) atoms. The van der Waals surface area contributed by atoms with Crippen LogP contribution in [0.25, 0.3) is 11.3 Å². The standard InChI is InChI=1S/C15H17N/c1-11-4-3-5-13(10-11)15-9-6-12(2)16(15)14-7-8-14/h3-6,9-10,14H,7-8H2,1-2H3. The Morgan fingerprint density at radius 2 is 1.88 bits per heavy atom. The van der Waals surface area contributed by atoms with E-state index in [0.717, 1.165) is 6.04 Å². The molecule has 1 nitrogen and oxygen atoms in total. The van der Waals surface area contributed by atoms with Crippen LogP contribution < -0.4 is 0 Å². The molecule has 1 aromatic carbocycles. The third-order valence-electron chi connectivity index (χ3n) is 3.35. The van der Waals surface area contributed by atoms with Gasteiger partial charge >= 0.3 is 0 Å². The van der Waals surface area contributed by atoms with E-state index < -0.39 is 0 Å². The highest BCUT2D eigenvalue weighted by atomic mass is 15.1. The lowest BCUT2D eigenvalue weighted by Crippen LogP contribution is -1.98. The first-order chi connectivity index (χ1) is 7.75. The SMILES string of the molecule is Cc1cccc(-c2ccc(C)n2C2CC2)c1. The zero-order chi connectivity index (χ0) is 11.1. The van der Waals surface area contributed by atoms with Crippen molar-refractivity contribution in [1.29, 1.82) is 0 Å². The van der Waals surface area contributed by atoms with Crippen LogP contribution in [0.4, 0.5) is 0 Å². The second-order valence-corrected chi connectivity index (χ2v) is 4.83. The summed E-state index contributed by atoms with van der Waals surface area (Å²) in [6.07, 6.45) is 2.68. The molecule has 0 radical (unpaired) electrons. The summed E-state index contributed by atoms with van der Waals surface area (Å²) in [5, 5.41) is 0. The van der Waals surface area contributed by atoms with Gasteiger partial charge in [0.25, 0.3) is 0 Å². The van der Waals surface area contributed by atoms with E-state index in [1.54, 1.807) is 0 Å². The number of benzene rings is 1. The molecule has 0 bridgehead atoms. The maximum atomic E-state index is 2.49. The summed E-state index contributed by atoms with van der Waals surface area (Å²) in [6, 6.07) is 14.0. The lowest BCUT2D eigenvalue weighted by atomic mass is 10.1. The van der Waals surface area contributed by atoms with Crippen molar-refractivity contribution in [2.45, 2.75) is 32.7 Å². The lowest BCUT2D eigenvalue weighted by molar-refractivity contribution is 0.730. The second kappa shape index (κ2) is 3.51. The molecule has 3 rings (SSSR count). The van der Waals surface area contributed by atoms with E-state index in [1.807, 2.05) is 0 Å². The molecule has 1 aromatic heterocycles. The summed E-state index contributed by atoms with van der Waals surface area (Å²) in [5.74, 6) is 0. The van der Waals surface area contributed by atoms with E-state index in [0.29, 0.717) is 0 Å². The third kappa shape index (κ3) is 1.57. The van der Waals surface area contributed by atoms with Gasteiger partial charge in [0.1, 0.15) is 0 Å². The summed E-state index contributed by atoms with van der Waals surface area (Å²) < 4.78 is 2.49. The summed E-state index contributed by atoms with van der Waals surface area (Å²) in [7, 11) is 0. The van der Waals surface area contributed by atoms with Gasteiger partial charge in [-0.25, -0.2) is 0 Å². The van der Waals surface area contributed by atoms with Crippen LogP contribution in [0.3, 0.4) is 0 Å². The molecule has 0 atom stereocenters. The van der Waals surface area contributed by atoms with Gasteiger partial charge in [-0.2, -0.15) is 0 Å². The first kappa shape index (κ1) is 9.71. The zero-order valence-corrected chi connectivity index (χ0v) is 9.90. The minimum atomic E-state index is 0.755. The minimum Gasteiger partial charge on any atom is -0.342 e. The average Bonchev–Trinajstić information content (AvgIpc) is 3.02. The Labute approximate surface area is 96.7 Å². The van der Waals surface area contributed by atoms with Crippen LogP contribution in [0.5, 0.6) is 0 Å². The second-order valence-electron chi connectivity index (χ2n) is 4.83. The van der Waals surface area contributed by atoms with Crippen LogP contribution in [-0.4, -0.2) is 4.57 Å². The number of hydrogen-bond donors (Lipinski definition) is 0. The van der Waals surface area contributed by atoms with Crippen LogP contribution in [0, 0.1) is 13.8 Å². The van der Waals surface area contributed by atoms with Crippen LogP contribution in [0.2, 0.25) is 0 Å². The summed E-state index contributed by atoms with van der Waals surface area (Å²) in [4.78, 5) is 0. The van der Waals surface area contributed by atoms with E-state index in [4.69, 9.17) is 0 Å². The van der Waals surface area contributed by atoms with Crippen molar-refractivity contribution >= 4 is 0 Å². The minimum absolute atomic E-state index is 0.755. The molecule has 0 amide bonds. The van der Waals surface area contributed by atoms with Crippen LogP contribution in [0.1, 0.15) is 30.1 Å². The molecule has 1 fully saturated rings. The van der Waals surface area contributed by atoms with Gasteiger partial charge in [0.15, 0.2) is 0 Å². The normalized spacial score (nSPS) is 15.4. The highest BCUT2D eigenvalue weighted by Crippen LogP contribution is 2.40. The molecule has 2 aromatic rings. The predicted molar refractivity (Wildman–Crippen MR) is 67.6 cm³/mol. The van der Waals surface area contributed by atoms with Crippen LogP contribution in [-0.2, 0) is 0 Å². The Morgan fingerprint density at radius 3 is 2.56 bits per heavy atom. The lowest BCUT2D eigenvalue weighted by Gasteiger charge is -2.11. The van der Waals surface area contributed by atoms with Crippen LogP contribution in [0.15, 0.2) is 36.4 Å². The van der Waals surface area contributed by atoms with Crippen molar-refractivity contribution in [3.63, 3.8) is 0 Å². The molecule has 0 aliphatic heterocycles. The first-order valence-electron chi connectivity index (χ1n) is 6.00. The predicted octanol–water partition coefficient (Wildman–Crippen LogP) is 4.11. The molecule has 0 spiro atoms. The van der Waals surface area contributed by atoms with Gasteiger partial charge in [-0.15, -0.1) is 0 Å². The van der Waals surface area contributed by atoms with Crippen molar-refractivity contribution in [2.24, 2.45) is 0 Å². The fourth-order valence-electron chi connectivity index (χ4n) is 2.41. The average molecular weight is 211 g/mol. The molecule has 1 aliphatic carbocycles. The van der Waals surface area contributed by atoms with E-state index >= 15 is 0 Å². The van der Waals surface area contributed by atoms with Crippen molar-refractivity contribution in [2.75, 3.05) is 0 Å². The Hall–Kier alpha value is -1.50. The number of nitrogens with zero attached hydrogens (tertiary/aromatic N) is 1. The monoisotopic (exact) mass is 211 g/mol. The van der Waals surface area contributed by atoms with Gasteiger partial charge in [0, 0.05) is 17.4 Å². The van der Waals surface area contributed by atoms with Gasteiger partial charge in [-0.1, -0.05) is 23.8 Å². The molecule has 0 saturated heterocycles. The fraction of sp³-hybridized carbons (Fsp3) is 0.333. The number of hydrogen-bond acceptors (Lipinski definition) is 0. The van der Waals surface area contributed by atoms with Crippen molar-refractivity contribution < 1.29 is 0 Å². The van der Waals surface area contributed by atoms with Gasteiger partial charge < -0.3 is 4.57 Å². The Morgan fingerprint density at radius 1 is 1.06 bits per heavy atom. The molecule has 1 aliphatic rings. The third-order valence-corrected chi connectivity index (χ3v) is 3.35. The van der Waals surface area contributed by atoms with Gasteiger partial charge in [-0.3, -0.25) is 0 Å². The summed E-state index contributed by atoms with van der Waals surface area (Å²) >= 11 is 0. The summed E-state index contributed by atoms with van der Waals surface area (Å²) in [5.41, 5.74) is 5.45. The molecule has 0 unspecified atom stereocenters. The van der Waals surface area contributed by atoms with Crippen molar-refractivity contribution in [1.82, 2.24) is 4.57 Å².